The lowest BCUT2D eigenvalue weighted by Crippen LogP contribution is -2.28. The normalized spacial score (nSPS) is 11.9. The molecule has 0 bridgehead atoms. The van der Waals surface area contributed by atoms with Gasteiger partial charge in [-0.3, -0.25) is 4.79 Å². The van der Waals surface area contributed by atoms with E-state index in [1.54, 1.807) is 18.5 Å². The number of rotatable bonds is 5. The lowest BCUT2D eigenvalue weighted by molar-refractivity contribution is -0.119. The van der Waals surface area contributed by atoms with Crippen LogP contribution in [0, 0.1) is 0 Å². The average molecular weight is 337 g/mol. The number of aromatic nitrogens is 2. The second-order valence-electron chi connectivity index (χ2n) is 5.80. The van der Waals surface area contributed by atoms with Crippen LogP contribution >= 0.6 is 0 Å². The molecule has 6 heteroatoms. The minimum absolute atomic E-state index is 0.174. The van der Waals surface area contributed by atoms with Crippen LogP contribution in [-0.4, -0.2) is 28.0 Å². The van der Waals surface area contributed by atoms with Crippen molar-refractivity contribution in [3.05, 3.63) is 66.0 Å². The number of carbonyl (C=O) groups excluding carboxylic acids is 2. The molecule has 0 saturated heterocycles. The zero-order valence-electron chi connectivity index (χ0n) is 14.1. The van der Waals surface area contributed by atoms with Crippen molar-refractivity contribution in [3.63, 3.8) is 0 Å². The van der Waals surface area contributed by atoms with E-state index in [-0.39, 0.29) is 12.5 Å². The molecule has 3 aromatic rings. The molecular weight excluding hydrogens is 318 g/mol. The fourth-order valence-electron chi connectivity index (χ4n) is 2.59. The maximum Gasteiger partial charge on any atom is 0.338 e. The first kappa shape index (κ1) is 16.7. The first-order valence-electron chi connectivity index (χ1n) is 7.96. The highest BCUT2D eigenvalue weighted by molar-refractivity contribution is 5.93. The quantitative estimate of drug-likeness (QED) is 0.726. The molecule has 0 aliphatic carbocycles. The Kier molecular flexibility index (Phi) is 4.79. The molecule has 2 aromatic carbocycles. The number of hydrogen-bond donors (Lipinski definition) is 1. The van der Waals surface area contributed by atoms with Gasteiger partial charge in [0.25, 0.3) is 0 Å². The highest BCUT2D eigenvalue weighted by atomic mass is 16.5. The van der Waals surface area contributed by atoms with Crippen LogP contribution in [0.5, 0.6) is 0 Å². The Bertz CT molecular complexity index is 903. The minimum atomic E-state index is -0.558. The number of benzene rings is 2. The van der Waals surface area contributed by atoms with Gasteiger partial charge in [0.1, 0.15) is 6.10 Å². The van der Waals surface area contributed by atoms with E-state index >= 15 is 0 Å². The van der Waals surface area contributed by atoms with Gasteiger partial charge in [0.15, 0.2) is 0 Å². The maximum atomic E-state index is 12.6. The summed E-state index contributed by atoms with van der Waals surface area (Å²) < 4.78 is 7.52. The first-order valence-corrected chi connectivity index (χ1v) is 7.96. The fourth-order valence-corrected chi connectivity index (χ4v) is 2.59. The molecule has 0 radical (unpaired) electrons. The third kappa shape index (κ3) is 3.85. The molecule has 0 spiro atoms. The van der Waals surface area contributed by atoms with Crippen molar-refractivity contribution >= 4 is 22.9 Å². The molecule has 128 valence electrons. The summed E-state index contributed by atoms with van der Waals surface area (Å²) in [4.78, 5) is 28.0. The second kappa shape index (κ2) is 7.17. The Balaban J connectivity index is 1.81. The topological polar surface area (TPSA) is 73.2 Å². The van der Waals surface area contributed by atoms with Crippen LogP contribution in [0.15, 0.2) is 54.9 Å². The summed E-state index contributed by atoms with van der Waals surface area (Å²) in [6, 6.07) is 14.6. The van der Waals surface area contributed by atoms with Crippen molar-refractivity contribution in [1.82, 2.24) is 14.9 Å². The third-order valence-corrected chi connectivity index (χ3v) is 3.92. The van der Waals surface area contributed by atoms with Gasteiger partial charge in [-0.15, -0.1) is 0 Å². The predicted octanol–water partition coefficient (Wildman–Crippen LogP) is 2.61. The molecule has 0 aliphatic rings. The number of aryl methyl sites for hydroxylation is 1. The average Bonchev–Trinajstić information content (AvgIpc) is 2.99. The molecule has 25 heavy (non-hydrogen) atoms. The molecule has 0 unspecified atom stereocenters. The van der Waals surface area contributed by atoms with Gasteiger partial charge in [0.05, 0.1) is 29.5 Å². The highest BCUT2D eigenvalue weighted by Crippen LogP contribution is 2.20. The summed E-state index contributed by atoms with van der Waals surface area (Å²) in [6.45, 7) is 1.65. The van der Waals surface area contributed by atoms with Crippen molar-refractivity contribution in [3.8, 4) is 0 Å². The zero-order valence-corrected chi connectivity index (χ0v) is 14.1. The molecule has 6 nitrogen and oxygen atoms in total. The van der Waals surface area contributed by atoms with E-state index in [1.807, 2.05) is 48.0 Å². The maximum absolute atomic E-state index is 12.6. The molecule has 0 aliphatic heterocycles. The number of ether oxygens (including phenoxy) is 1. The van der Waals surface area contributed by atoms with Crippen LogP contribution in [0.1, 0.15) is 28.9 Å². The summed E-state index contributed by atoms with van der Waals surface area (Å²) in [7, 11) is 1.90. The lowest BCUT2D eigenvalue weighted by atomic mass is 10.1. The first-order chi connectivity index (χ1) is 12.0. The van der Waals surface area contributed by atoms with Gasteiger partial charge in [0, 0.05) is 14.0 Å². The Morgan fingerprint density at radius 2 is 1.96 bits per heavy atom. The molecule has 1 N–H and O–H groups in total. The standard InChI is InChI=1S/C19H19N3O3/c1-13(23)20-11-18(14-6-4-3-5-7-14)25-19(24)15-8-9-17-16(10-15)21-12-22(17)2/h3-10,12,18H,11H2,1-2H3,(H,20,23)/t18-/m0/s1. The van der Waals surface area contributed by atoms with E-state index in [4.69, 9.17) is 4.74 Å². The van der Waals surface area contributed by atoms with Gasteiger partial charge in [0.2, 0.25) is 5.91 Å². The Morgan fingerprint density at radius 3 is 2.68 bits per heavy atom. The van der Waals surface area contributed by atoms with E-state index in [9.17, 15) is 9.59 Å². The molecule has 1 aromatic heterocycles. The van der Waals surface area contributed by atoms with Gasteiger partial charge in [-0.05, 0) is 23.8 Å². The molecule has 1 amide bonds. The minimum Gasteiger partial charge on any atom is -0.452 e. The molecule has 1 atom stereocenters. The van der Waals surface area contributed by atoms with Crippen molar-refractivity contribution in [2.45, 2.75) is 13.0 Å². The van der Waals surface area contributed by atoms with Crippen LogP contribution in [-0.2, 0) is 16.6 Å². The van der Waals surface area contributed by atoms with Crippen molar-refractivity contribution in [2.75, 3.05) is 6.54 Å². The van der Waals surface area contributed by atoms with Crippen molar-refractivity contribution in [1.29, 1.82) is 0 Å². The van der Waals surface area contributed by atoms with E-state index in [2.05, 4.69) is 10.3 Å². The van der Waals surface area contributed by atoms with E-state index in [0.717, 1.165) is 16.6 Å². The third-order valence-electron chi connectivity index (χ3n) is 3.92. The van der Waals surface area contributed by atoms with Gasteiger partial charge >= 0.3 is 5.97 Å². The smallest absolute Gasteiger partial charge is 0.338 e. The van der Waals surface area contributed by atoms with Crippen LogP contribution < -0.4 is 5.32 Å². The largest absolute Gasteiger partial charge is 0.452 e. The fraction of sp³-hybridized carbons (Fsp3) is 0.211. The van der Waals surface area contributed by atoms with Crippen LogP contribution in [0.3, 0.4) is 0 Å². The van der Waals surface area contributed by atoms with Crippen LogP contribution in [0.4, 0.5) is 0 Å². The Morgan fingerprint density at radius 1 is 1.20 bits per heavy atom. The SMILES string of the molecule is CC(=O)NC[C@H](OC(=O)c1ccc2c(c1)ncn2C)c1ccccc1. The van der Waals surface area contributed by atoms with Crippen LogP contribution in [0.2, 0.25) is 0 Å². The molecule has 1 heterocycles. The number of hydrogen-bond acceptors (Lipinski definition) is 4. The molecule has 0 fully saturated rings. The summed E-state index contributed by atoms with van der Waals surface area (Å²) in [5.74, 6) is -0.626. The summed E-state index contributed by atoms with van der Waals surface area (Å²) in [5.41, 5.74) is 2.92. The summed E-state index contributed by atoms with van der Waals surface area (Å²) in [6.07, 6.45) is 1.14. The van der Waals surface area contributed by atoms with E-state index in [1.165, 1.54) is 6.92 Å². The predicted molar refractivity (Wildman–Crippen MR) is 94.0 cm³/mol. The van der Waals surface area contributed by atoms with E-state index < -0.39 is 12.1 Å². The molecular formula is C19H19N3O3. The number of imidazole rings is 1. The van der Waals surface area contributed by atoms with E-state index in [0.29, 0.717) is 5.56 Å². The highest BCUT2D eigenvalue weighted by Gasteiger charge is 2.19. The number of amides is 1. The second-order valence-corrected chi connectivity index (χ2v) is 5.80. The monoisotopic (exact) mass is 337 g/mol. The number of fused-ring (bicyclic) bond motifs is 1. The van der Waals surface area contributed by atoms with Gasteiger partial charge < -0.3 is 14.6 Å². The number of nitrogens with zero attached hydrogens (tertiary/aromatic N) is 2. The zero-order chi connectivity index (χ0) is 17.8. The van der Waals surface area contributed by atoms with Crippen molar-refractivity contribution < 1.29 is 14.3 Å². The Hall–Kier alpha value is -3.15. The Labute approximate surface area is 145 Å². The number of esters is 1. The van der Waals surface area contributed by atoms with Crippen LogP contribution in [0.25, 0.3) is 11.0 Å². The van der Waals surface area contributed by atoms with Gasteiger partial charge in [-0.25, -0.2) is 9.78 Å². The van der Waals surface area contributed by atoms with Gasteiger partial charge in [-0.1, -0.05) is 30.3 Å². The van der Waals surface area contributed by atoms with Crippen molar-refractivity contribution in [2.24, 2.45) is 7.05 Å². The lowest BCUT2D eigenvalue weighted by Gasteiger charge is -2.18. The number of nitrogens with one attached hydrogen (secondary N) is 1. The van der Waals surface area contributed by atoms with Gasteiger partial charge in [-0.2, -0.15) is 0 Å². The molecule has 3 rings (SSSR count). The summed E-state index contributed by atoms with van der Waals surface area (Å²) in [5, 5.41) is 2.70. The molecule has 0 saturated carbocycles. The number of carbonyl (C=O) groups is 2. The summed E-state index contributed by atoms with van der Waals surface area (Å²) >= 11 is 0.